The molecule has 0 unspecified atom stereocenters. The zero-order valence-electron chi connectivity index (χ0n) is 11.7. The minimum absolute atomic E-state index is 0.0852. The Hall–Kier alpha value is -2.32. The third-order valence-electron chi connectivity index (χ3n) is 2.95. The molecular formula is C13H17N5O3. The summed E-state index contributed by atoms with van der Waals surface area (Å²) in [5.41, 5.74) is 1.30. The molecule has 0 spiro atoms. The molecule has 0 aliphatic rings. The first kappa shape index (κ1) is 15.1. The summed E-state index contributed by atoms with van der Waals surface area (Å²) in [7, 11) is 1.57. The predicted octanol–water partition coefficient (Wildman–Crippen LogP) is -0.257. The molecule has 1 aromatic carbocycles. The number of benzene rings is 1. The topological polar surface area (TPSA) is 93.4 Å². The van der Waals surface area contributed by atoms with Crippen LogP contribution in [-0.2, 0) is 4.74 Å². The molecule has 1 aromatic heterocycles. The van der Waals surface area contributed by atoms with Crippen LogP contribution in [-0.4, -0.2) is 69.5 Å². The second-order valence-corrected chi connectivity index (χ2v) is 4.31. The summed E-state index contributed by atoms with van der Waals surface area (Å²) in [6.45, 7) is 1.05. The van der Waals surface area contributed by atoms with Gasteiger partial charge in [0.05, 0.1) is 18.9 Å². The van der Waals surface area contributed by atoms with Crippen molar-refractivity contribution in [3.05, 3.63) is 36.2 Å². The summed E-state index contributed by atoms with van der Waals surface area (Å²) in [5.74, 6) is -0.149. The highest BCUT2D eigenvalue weighted by Crippen LogP contribution is 2.10. The average Bonchev–Trinajstić information content (AvgIpc) is 3.05. The van der Waals surface area contributed by atoms with Crippen molar-refractivity contribution in [3.63, 3.8) is 0 Å². The normalized spacial score (nSPS) is 10.6. The number of carbonyl (C=O) groups is 1. The molecule has 8 nitrogen and oxygen atoms in total. The van der Waals surface area contributed by atoms with Gasteiger partial charge in [0.1, 0.15) is 6.33 Å². The first-order valence-electron chi connectivity index (χ1n) is 6.48. The third kappa shape index (κ3) is 3.83. The molecule has 0 aliphatic heterocycles. The fourth-order valence-electron chi connectivity index (χ4n) is 1.86. The summed E-state index contributed by atoms with van der Waals surface area (Å²) in [6.07, 6.45) is 1.48. The van der Waals surface area contributed by atoms with E-state index in [4.69, 9.17) is 9.84 Å². The van der Waals surface area contributed by atoms with E-state index in [2.05, 4.69) is 15.5 Å². The van der Waals surface area contributed by atoms with Gasteiger partial charge < -0.3 is 14.7 Å². The number of ether oxygens (including phenoxy) is 1. The van der Waals surface area contributed by atoms with E-state index in [1.165, 1.54) is 11.0 Å². The summed E-state index contributed by atoms with van der Waals surface area (Å²) < 4.78 is 6.48. The number of aromatic nitrogens is 4. The number of methoxy groups -OCH3 is 1. The summed E-state index contributed by atoms with van der Waals surface area (Å²) >= 11 is 0. The van der Waals surface area contributed by atoms with Crippen LogP contribution in [0.4, 0.5) is 0 Å². The van der Waals surface area contributed by atoms with E-state index in [9.17, 15) is 4.79 Å². The fraction of sp³-hybridized carbons (Fsp3) is 0.385. The standard InChI is InChI=1S/C13H17N5O3/c1-21-9-7-17(6-8-19)13(20)11-2-4-12(5-3-11)18-10-14-15-16-18/h2-5,10,19H,6-9H2,1H3. The highest BCUT2D eigenvalue weighted by molar-refractivity contribution is 5.94. The molecule has 2 rings (SSSR count). The van der Waals surface area contributed by atoms with Gasteiger partial charge in [0.2, 0.25) is 0 Å². The van der Waals surface area contributed by atoms with Gasteiger partial charge in [-0.15, -0.1) is 5.10 Å². The molecule has 2 aromatic rings. The number of rotatable bonds is 7. The Morgan fingerprint density at radius 3 is 2.67 bits per heavy atom. The monoisotopic (exact) mass is 291 g/mol. The Balaban J connectivity index is 2.10. The SMILES string of the molecule is COCCN(CCO)C(=O)c1ccc(-n2cnnn2)cc1. The molecule has 0 radical (unpaired) electrons. The van der Waals surface area contributed by atoms with Gasteiger partial charge in [0, 0.05) is 25.8 Å². The van der Waals surface area contributed by atoms with E-state index >= 15 is 0 Å². The Kier molecular flexibility index (Phi) is 5.35. The lowest BCUT2D eigenvalue weighted by Crippen LogP contribution is -2.36. The van der Waals surface area contributed by atoms with Crippen LogP contribution in [0, 0.1) is 0 Å². The fourth-order valence-corrected chi connectivity index (χ4v) is 1.86. The van der Waals surface area contributed by atoms with Crippen LogP contribution in [0.25, 0.3) is 5.69 Å². The molecule has 0 aliphatic carbocycles. The number of carbonyl (C=O) groups excluding carboxylic acids is 1. The first-order chi connectivity index (χ1) is 10.3. The lowest BCUT2D eigenvalue weighted by atomic mass is 10.2. The van der Waals surface area contributed by atoms with E-state index in [0.717, 1.165) is 5.69 Å². The zero-order chi connectivity index (χ0) is 15.1. The molecule has 1 heterocycles. The summed E-state index contributed by atoms with van der Waals surface area (Å²) in [4.78, 5) is 13.9. The second kappa shape index (κ2) is 7.46. The van der Waals surface area contributed by atoms with Crippen molar-refractivity contribution in [1.82, 2.24) is 25.1 Å². The van der Waals surface area contributed by atoms with Crippen molar-refractivity contribution < 1.29 is 14.6 Å². The van der Waals surface area contributed by atoms with Crippen LogP contribution in [0.5, 0.6) is 0 Å². The van der Waals surface area contributed by atoms with Gasteiger partial charge in [-0.2, -0.15) is 0 Å². The molecule has 0 saturated carbocycles. The van der Waals surface area contributed by atoms with Crippen LogP contribution in [0.1, 0.15) is 10.4 Å². The number of tetrazole rings is 1. The Labute approximate surface area is 121 Å². The quantitative estimate of drug-likeness (QED) is 0.755. The molecule has 1 N–H and O–H groups in total. The highest BCUT2D eigenvalue weighted by atomic mass is 16.5. The minimum atomic E-state index is -0.149. The van der Waals surface area contributed by atoms with Crippen molar-refractivity contribution >= 4 is 5.91 Å². The maximum absolute atomic E-state index is 12.4. The highest BCUT2D eigenvalue weighted by Gasteiger charge is 2.15. The van der Waals surface area contributed by atoms with Crippen LogP contribution >= 0.6 is 0 Å². The van der Waals surface area contributed by atoms with E-state index in [1.54, 1.807) is 36.3 Å². The maximum Gasteiger partial charge on any atom is 0.254 e. The van der Waals surface area contributed by atoms with Crippen molar-refractivity contribution in [3.8, 4) is 5.69 Å². The molecule has 1 amide bonds. The van der Waals surface area contributed by atoms with Crippen LogP contribution < -0.4 is 0 Å². The molecule has 0 bridgehead atoms. The number of aliphatic hydroxyl groups excluding tert-OH is 1. The molecule has 112 valence electrons. The first-order valence-corrected chi connectivity index (χ1v) is 6.48. The van der Waals surface area contributed by atoms with E-state index in [1.807, 2.05) is 0 Å². The molecular weight excluding hydrogens is 274 g/mol. The van der Waals surface area contributed by atoms with E-state index in [0.29, 0.717) is 18.7 Å². The molecule has 21 heavy (non-hydrogen) atoms. The van der Waals surface area contributed by atoms with Gasteiger partial charge in [-0.25, -0.2) is 4.68 Å². The minimum Gasteiger partial charge on any atom is -0.395 e. The smallest absolute Gasteiger partial charge is 0.254 e. The number of nitrogens with zero attached hydrogens (tertiary/aromatic N) is 5. The maximum atomic E-state index is 12.4. The van der Waals surface area contributed by atoms with Gasteiger partial charge >= 0.3 is 0 Å². The van der Waals surface area contributed by atoms with Gasteiger partial charge in [-0.05, 0) is 34.7 Å². The Bertz CT molecular complexity index is 556. The predicted molar refractivity (Wildman–Crippen MR) is 74.0 cm³/mol. The zero-order valence-corrected chi connectivity index (χ0v) is 11.7. The van der Waals surface area contributed by atoms with Crippen molar-refractivity contribution in [2.24, 2.45) is 0 Å². The number of aliphatic hydroxyl groups is 1. The number of hydrogen-bond acceptors (Lipinski definition) is 6. The largest absolute Gasteiger partial charge is 0.395 e. The van der Waals surface area contributed by atoms with Crippen LogP contribution in [0.2, 0.25) is 0 Å². The van der Waals surface area contributed by atoms with Gasteiger partial charge in [0.15, 0.2) is 0 Å². The van der Waals surface area contributed by atoms with Gasteiger partial charge in [-0.1, -0.05) is 0 Å². The van der Waals surface area contributed by atoms with E-state index in [-0.39, 0.29) is 19.1 Å². The molecule has 8 heteroatoms. The second-order valence-electron chi connectivity index (χ2n) is 4.31. The van der Waals surface area contributed by atoms with Crippen molar-refractivity contribution in [2.45, 2.75) is 0 Å². The van der Waals surface area contributed by atoms with Gasteiger partial charge in [-0.3, -0.25) is 4.79 Å². The molecule has 0 fully saturated rings. The lowest BCUT2D eigenvalue weighted by molar-refractivity contribution is 0.0656. The molecule has 0 saturated heterocycles. The Morgan fingerprint density at radius 2 is 2.10 bits per heavy atom. The third-order valence-corrected chi connectivity index (χ3v) is 2.95. The summed E-state index contributed by atoms with van der Waals surface area (Å²) in [5, 5.41) is 19.9. The Morgan fingerprint density at radius 1 is 1.33 bits per heavy atom. The van der Waals surface area contributed by atoms with E-state index < -0.39 is 0 Å². The van der Waals surface area contributed by atoms with Crippen molar-refractivity contribution in [1.29, 1.82) is 0 Å². The van der Waals surface area contributed by atoms with Crippen molar-refractivity contribution in [2.75, 3.05) is 33.4 Å². The molecule has 0 atom stereocenters. The van der Waals surface area contributed by atoms with Crippen LogP contribution in [0.15, 0.2) is 30.6 Å². The lowest BCUT2D eigenvalue weighted by Gasteiger charge is -2.21. The summed E-state index contributed by atoms with van der Waals surface area (Å²) in [6, 6.07) is 6.93. The van der Waals surface area contributed by atoms with Gasteiger partial charge in [0.25, 0.3) is 5.91 Å². The number of amides is 1. The van der Waals surface area contributed by atoms with Crippen LogP contribution in [0.3, 0.4) is 0 Å². The number of hydrogen-bond donors (Lipinski definition) is 1. The average molecular weight is 291 g/mol.